The van der Waals surface area contributed by atoms with E-state index in [1.54, 1.807) is 12.1 Å². The molecule has 0 aliphatic heterocycles. The minimum atomic E-state index is -0.355. The number of hydrogen-bond acceptors (Lipinski definition) is 3. The summed E-state index contributed by atoms with van der Waals surface area (Å²) < 4.78 is 5.20. The summed E-state index contributed by atoms with van der Waals surface area (Å²) in [5, 5.41) is 2.11. The minimum Gasteiger partial charge on any atom is -0.463 e. The lowest BCUT2D eigenvalue weighted by atomic mass is 9.90. The van der Waals surface area contributed by atoms with Gasteiger partial charge in [0.05, 0.1) is 6.61 Å². The highest BCUT2D eigenvalue weighted by Gasteiger charge is 2.12. The van der Waals surface area contributed by atoms with Crippen LogP contribution in [-0.4, -0.2) is 18.9 Å². The van der Waals surface area contributed by atoms with Gasteiger partial charge in [0.25, 0.3) is 0 Å². The van der Waals surface area contributed by atoms with E-state index in [1.807, 2.05) is 54.6 Å². The molecule has 0 atom stereocenters. The molecule has 0 aliphatic rings. The number of carbonyl (C=O) groups excluding carboxylic acids is 2. The lowest BCUT2D eigenvalue weighted by molar-refractivity contribution is -0.137. The van der Waals surface area contributed by atoms with Crippen LogP contribution in [0, 0.1) is 0 Å². The van der Waals surface area contributed by atoms with Crippen LogP contribution in [-0.2, 0) is 9.53 Å². The Morgan fingerprint density at radius 3 is 2.56 bits per heavy atom. The SMILES string of the molecule is CCCCOC(=O)/C=C/c1ccc2ccccc2c1-c1ccccc1C=O. The van der Waals surface area contributed by atoms with Gasteiger partial charge in [-0.1, -0.05) is 74.0 Å². The summed E-state index contributed by atoms with van der Waals surface area (Å²) in [6.07, 6.45) is 5.91. The van der Waals surface area contributed by atoms with E-state index >= 15 is 0 Å². The summed E-state index contributed by atoms with van der Waals surface area (Å²) in [6, 6.07) is 19.5. The van der Waals surface area contributed by atoms with Gasteiger partial charge in [0.1, 0.15) is 0 Å². The summed E-state index contributed by atoms with van der Waals surface area (Å²) in [4.78, 5) is 23.5. The van der Waals surface area contributed by atoms with Crippen LogP contribution in [0.15, 0.2) is 66.7 Å². The molecule has 3 aromatic rings. The molecule has 3 heteroatoms. The molecule has 0 bridgehead atoms. The maximum absolute atomic E-state index is 12.0. The fourth-order valence-electron chi connectivity index (χ4n) is 3.08. The van der Waals surface area contributed by atoms with Gasteiger partial charge in [-0.05, 0) is 40.0 Å². The number of rotatable bonds is 7. The smallest absolute Gasteiger partial charge is 0.330 e. The summed E-state index contributed by atoms with van der Waals surface area (Å²) in [5.74, 6) is -0.355. The number of aldehydes is 1. The normalized spacial score (nSPS) is 11.0. The topological polar surface area (TPSA) is 43.4 Å². The lowest BCUT2D eigenvalue weighted by Crippen LogP contribution is -2.01. The van der Waals surface area contributed by atoms with Gasteiger partial charge in [0.2, 0.25) is 0 Å². The monoisotopic (exact) mass is 358 g/mol. The molecule has 27 heavy (non-hydrogen) atoms. The predicted molar refractivity (Wildman–Crippen MR) is 110 cm³/mol. The van der Waals surface area contributed by atoms with E-state index in [0.29, 0.717) is 12.2 Å². The van der Waals surface area contributed by atoms with Crippen molar-refractivity contribution in [3.05, 3.63) is 77.9 Å². The maximum Gasteiger partial charge on any atom is 0.330 e. The fourth-order valence-corrected chi connectivity index (χ4v) is 3.08. The molecule has 3 nitrogen and oxygen atoms in total. The van der Waals surface area contributed by atoms with Gasteiger partial charge in [0.15, 0.2) is 6.29 Å². The second-order valence-electron chi connectivity index (χ2n) is 6.31. The summed E-state index contributed by atoms with van der Waals surface area (Å²) in [6.45, 7) is 2.48. The average Bonchev–Trinajstić information content (AvgIpc) is 2.72. The summed E-state index contributed by atoms with van der Waals surface area (Å²) in [5.41, 5.74) is 3.28. The van der Waals surface area contributed by atoms with E-state index in [-0.39, 0.29) is 5.97 Å². The summed E-state index contributed by atoms with van der Waals surface area (Å²) >= 11 is 0. The van der Waals surface area contributed by atoms with Crippen LogP contribution in [0.2, 0.25) is 0 Å². The van der Waals surface area contributed by atoms with Gasteiger partial charge in [-0.2, -0.15) is 0 Å². The molecule has 0 saturated heterocycles. The number of fused-ring (bicyclic) bond motifs is 1. The number of ether oxygens (including phenoxy) is 1. The standard InChI is InChI=1S/C24H22O3/c1-2-3-16-27-23(26)15-14-19-13-12-18-8-4-6-10-21(18)24(19)22-11-7-5-9-20(22)17-25/h4-15,17H,2-3,16H2,1H3/b15-14+. The van der Waals surface area contributed by atoms with Crippen molar-refractivity contribution in [1.82, 2.24) is 0 Å². The highest BCUT2D eigenvalue weighted by Crippen LogP contribution is 2.34. The Morgan fingerprint density at radius 2 is 1.74 bits per heavy atom. The molecule has 0 unspecified atom stereocenters. The Hall–Kier alpha value is -3.20. The second-order valence-corrected chi connectivity index (χ2v) is 6.31. The number of esters is 1. The van der Waals surface area contributed by atoms with Crippen molar-refractivity contribution in [2.75, 3.05) is 6.61 Å². The molecule has 0 spiro atoms. The molecular formula is C24H22O3. The number of benzene rings is 3. The van der Waals surface area contributed by atoms with Crippen molar-refractivity contribution in [1.29, 1.82) is 0 Å². The molecular weight excluding hydrogens is 336 g/mol. The molecule has 0 heterocycles. The Labute approximate surface area is 159 Å². The van der Waals surface area contributed by atoms with Crippen LogP contribution in [0.25, 0.3) is 28.0 Å². The molecule has 0 radical (unpaired) electrons. The van der Waals surface area contributed by atoms with E-state index in [9.17, 15) is 9.59 Å². The number of hydrogen-bond donors (Lipinski definition) is 0. The predicted octanol–water partition coefficient (Wildman–Crippen LogP) is 5.68. The van der Waals surface area contributed by atoms with Crippen molar-refractivity contribution in [2.45, 2.75) is 19.8 Å². The van der Waals surface area contributed by atoms with Gasteiger partial charge < -0.3 is 4.74 Å². The third-order valence-electron chi connectivity index (χ3n) is 4.46. The number of carbonyl (C=O) groups is 2. The van der Waals surface area contributed by atoms with Crippen LogP contribution >= 0.6 is 0 Å². The highest BCUT2D eigenvalue weighted by molar-refractivity contribution is 6.05. The third kappa shape index (κ3) is 4.32. The van der Waals surface area contributed by atoms with Gasteiger partial charge in [-0.15, -0.1) is 0 Å². The van der Waals surface area contributed by atoms with Crippen LogP contribution in [0.1, 0.15) is 35.7 Å². The molecule has 0 aliphatic carbocycles. The quantitative estimate of drug-likeness (QED) is 0.236. The molecule has 3 rings (SSSR count). The molecule has 3 aromatic carbocycles. The average molecular weight is 358 g/mol. The molecule has 136 valence electrons. The number of unbranched alkanes of at least 4 members (excludes halogenated alkanes) is 1. The van der Waals surface area contributed by atoms with E-state index in [0.717, 1.165) is 46.6 Å². The molecule has 0 fully saturated rings. The van der Waals surface area contributed by atoms with Crippen molar-refractivity contribution in [3.8, 4) is 11.1 Å². The first-order valence-corrected chi connectivity index (χ1v) is 9.15. The van der Waals surface area contributed by atoms with Gasteiger partial charge in [-0.25, -0.2) is 4.79 Å². The van der Waals surface area contributed by atoms with Crippen LogP contribution in [0.3, 0.4) is 0 Å². The Bertz CT molecular complexity index is 986. The largest absolute Gasteiger partial charge is 0.463 e. The first-order chi connectivity index (χ1) is 13.2. The molecule has 0 amide bonds. The van der Waals surface area contributed by atoms with Gasteiger partial charge in [-0.3, -0.25) is 4.79 Å². The van der Waals surface area contributed by atoms with Crippen LogP contribution < -0.4 is 0 Å². The zero-order valence-corrected chi connectivity index (χ0v) is 15.4. The highest BCUT2D eigenvalue weighted by atomic mass is 16.5. The van der Waals surface area contributed by atoms with E-state index in [2.05, 4.69) is 6.92 Å². The maximum atomic E-state index is 12.0. The Balaban J connectivity index is 2.08. The van der Waals surface area contributed by atoms with E-state index < -0.39 is 0 Å². The van der Waals surface area contributed by atoms with Crippen molar-refractivity contribution >= 4 is 29.1 Å². The van der Waals surface area contributed by atoms with Gasteiger partial charge in [0, 0.05) is 11.6 Å². The molecule has 0 N–H and O–H groups in total. The van der Waals surface area contributed by atoms with Crippen molar-refractivity contribution in [2.24, 2.45) is 0 Å². The first-order valence-electron chi connectivity index (χ1n) is 9.15. The van der Waals surface area contributed by atoms with E-state index in [1.165, 1.54) is 6.08 Å². The zero-order chi connectivity index (χ0) is 19.1. The third-order valence-corrected chi connectivity index (χ3v) is 4.46. The van der Waals surface area contributed by atoms with Crippen LogP contribution in [0.4, 0.5) is 0 Å². The fraction of sp³-hybridized carbons (Fsp3) is 0.167. The minimum absolute atomic E-state index is 0.355. The van der Waals surface area contributed by atoms with Crippen molar-refractivity contribution < 1.29 is 14.3 Å². The Morgan fingerprint density at radius 1 is 0.963 bits per heavy atom. The Kier molecular flexibility index (Phi) is 6.16. The van der Waals surface area contributed by atoms with Crippen LogP contribution in [0.5, 0.6) is 0 Å². The first kappa shape index (κ1) is 18.6. The zero-order valence-electron chi connectivity index (χ0n) is 15.4. The van der Waals surface area contributed by atoms with Gasteiger partial charge >= 0.3 is 5.97 Å². The summed E-state index contributed by atoms with van der Waals surface area (Å²) in [7, 11) is 0. The molecule has 0 saturated carbocycles. The van der Waals surface area contributed by atoms with E-state index in [4.69, 9.17) is 4.74 Å². The van der Waals surface area contributed by atoms with Crippen molar-refractivity contribution in [3.63, 3.8) is 0 Å². The molecule has 0 aromatic heterocycles. The second kappa shape index (κ2) is 8.95. The lowest BCUT2D eigenvalue weighted by Gasteiger charge is -2.13.